The molecular weight excluding hydrogens is 283 g/mol. The number of amides is 2. The van der Waals surface area contributed by atoms with Gasteiger partial charge in [0.15, 0.2) is 0 Å². The molecule has 22 heavy (non-hydrogen) atoms. The molecule has 5 heteroatoms. The van der Waals surface area contributed by atoms with Gasteiger partial charge in [0.05, 0.1) is 6.54 Å². The molecular formula is C17H21FN2O2. The topological polar surface area (TPSA) is 40.6 Å². The summed E-state index contributed by atoms with van der Waals surface area (Å²) >= 11 is 0. The highest BCUT2D eigenvalue weighted by Crippen LogP contribution is 2.14. The van der Waals surface area contributed by atoms with Crippen molar-refractivity contribution in [2.45, 2.75) is 19.8 Å². The van der Waals surface area contributed by atoms with Crippen LogP contribution in [0.3, 0.4) is 0 Å². The van der Waals surface area contributed by atoms with Crippen LogP contribution in [0.5, 0.6) is 0 Å². The van der Waals surface area contributed by atoms with Crippen LogP contribution in [0.4, 0.5) is 4.39 Å². The zero-order chi connectivity index (χ0) is 16.1. The highest BCUT2D eigenvalue weighted by molar-refractivity contribution is 5.96. The number of carbonyl (C=O) groups excluding carboxylic acids is 2. The largest absolute Gasteiger partial charge is 0.341 e. The van der Waals surface area contributed by atoms with E-state index in [-0.39, 0.29) is 24.2 Å². The third-order valence-electron chi connectivity index (χ3n) is 3.85. The Morgan fingerprint density at radius 1 is 1.23 bits per heavy atom. The lowest BCUT2D eigenvalue weighted by Gasteiger charge is -2.20. The van der Waals surface area contributed by atoms with Crippen molar-refractivity contribution in [1.82, 2.24) is 9.80 Å². The number of nitrogens with zero attached hydrogens (tertiary/aromatic N) is 2. The van der Waals surface area contributed by atoms with Gasteiger partial charge in [-0.15, -0.1) is 0 Å². The maximum absolute atomic E-state index is 12.9. The van der Waals surface area contributed by atoms with Crippen molar-refractivity contribution >= 4 is 17.4 Å². The smallest absolute Gasteiger partial charge is 0.247 e. The van der Waals surface area contributed by atoms with Crippen molar-refractivity contribution in [2.24, 2.45) is 0 Å². The molecule has 1 fully saturated rings. The van der Waals surface area contributed by atoms with Crippen LogP contribution in [0.15, 0.2) is 30.3 Å². The van der Waals surface area contributed by atoms with Crippen LogP contribution in [0.1, 0.15) is 25.3 Å². The van der Waals surface area contributed by atoms with Gasteiger partial charge in [0.2, 0.25) is 11.8 Å². The van der Waals surface area contributed by atoms with Crippen molar-refractivity contribution in [3.8, 4) is 0 Å². The van der Waals surface area contributed by atoms with Crippen LogP contribution in [-0.4, -0.2) is 48.3 Å². The predicted molar refractivity (Wildman–Crippen MR) is 83.5 cm³/mol. The number of hydrogen-bond donors (Lipinski definition) is 0. The molecule has 0 bridgehead atoms. The summed E-state index contributed by atoms with van der Waals surface area (Å²) < 4.78 is 12.9. The molecule has 0 atom stereocenters. The summed E-state index contributed by atoms with van der Waals surface area (Å²) in [4.78, 5) is 27.4. The molecule has 1 heterocycles. The maximum Gasteiger partial charge on any atom is 0.247 e. The molecule has 0 aliphatic carbocycles. The van der Waals surface area contributed by atoms with Crippen molar-refractivity contribution < 1.29 is 14.0 Å². The van der Waals surface area contributed by atoms with E-state index in [1.54, 1.807) is 31.0 Å². The quantitative estimate of drug-likeness (QED) is 0.801. The molecule has 1 aromatic carbocycles. The van der Waals surface area contributed by atoms with Crippen LogP contribution in [0, 0.1) is 5.82 Å². The number of halogens is 1. The lowest BCUT2D eigenvalue weighted by atomic mass is 10.1. The number of carbonyl (C=O) groups is 2. The molecule has 2 rings (SSSR count). The molecule has 118 valence electrons. The first-order chi connectivity index (χ1) is 10.5. The average Bonchev–Trinajstić information content (AvgIpc) is 3.02. The van der Waals surface area contributed by atoms with Gasteiger partial charge in [-0.2, -0.15) is 0 Å². The van der Waals surface area contributed by atoms with Gasteiger partial charge >= 0.3 is 0 Å². The zero-order valence-electron chi connectivity index (χ0n) is 13.0. The fraction of sp³-hybridized carbons (Fsp3) is 0.412. The van der Waals surface area contributed by atoms with Gasteiger partial charge in [0.25, 0.3) is 0 Å². The van der Waals surface area contributed by atoms with Gasteiger partial charge in [0, 0.05) is 26.2 Å². The summed E-state index contributed by atoms with van der Waals surface area (Å²) in [5.74, 6) is -0.549. The van der Waals surface area contributed by atoms with E-state index in [2.05, 4.69) is 0 Å². The lowest BCUT2D eigenvalue weighted by Crippen LogP contribution is -2.39. The Morgan fingerprint density at radius 2 is 1.82 bits per heavy atom. The molecule has 0 saturated carbocycles. The first kappa shape index (κ1) is 16.2. The van der Waals surface area contributed by atoms with Crippen molar-refractivity contribution in [2.75, 3.05) is 26.7 Å². The average molecular weight is 304 g/mol. The third-order valence-corrected chi connectivity index (χ3v) is 3.85. The Labute approximate surface area is 130 Å². The summed E-state index contributed by atoms with van der Waals surface area (Å²) in [6.07, 6.45) is 3.55. The molecule has 0 aromatic heterocycles. The number of rotatable bonds is 4. The monoisotopic (exact) mass is 304 g/mol. The second-order valence-corrected chi connectivity index (χ2v) is 5.62. The van der Waals surface area contributed by atoms with Gasteiger partial charge in [-0.05, 0) is 43.0 Å². The van der Waals surface area contributed by atoms with Gasteiger partial charge in [-0.25, -0.2) is 4.39 Å². The van der Waals surface area contributed by atoms with Crippen molar-refractivity contribution in [3.05, 3.63) is 41.7 Å². The van der Waals surface area contributed by atoms with E-state index < -0.39 is 0 Å². The van der Waals surface area contributed by atoms with Crippen molar-refractivity contribution in [3.63, 3.8) is 0 Å². The molecule has 1 aromatic rings. The molecule has 2 amide bonds. The van der Waals surface area contributed by atoms with E-state index in [0.29, 0.717) is 0 Å². The van der Waals surface area contributed by atoms with Gasteiger partial charge in [-0.1, -0.05) is 12.1 Å². The first-order valence-electron chi connectivity index (χ1n) is 7.44. The summed E-state index contributed by atoms with van der Waals surface area (Å²) in [6, 6.07) is 5.98. The van der Waals surface area contributed by atoms with E-state index in [1.807, 2.05) is 0 Å². The first-order valence-corrected chi connectivity index (χ1v) is 7.44. The standard InChI is InChI=1S/C17H21FN2O2/c1-13(14-5-7-15(18)8-6-14)11-16(21)19(2)12-17(22)20-9-3-4-10-20/h5-8,11H,3-4,9-10,12H2,1-2H3. The minimum absolute atomic E-state index is 0.0128. The molecule has 1 saturated heterocycles. The second kappa shape index (κ2) is 7.20. The fourth-order valence-electron chi connectivity index (χ4n) is 2.44. The highest BCUT2D eigenvalue weighted by atomic mass is 19.1. The Morgan fingerprint density at radius 3 is 2.41 bits per heavy atom. The zero-order valence-corrected chi connectivity index (χ0v) is 13.0. The normalized spacial score (nSPS) is 15.0. The molecule has 1 aliphatic rings. The number of benzene rings is 1. The molecule has 0 N–H and O–H groups in total. The van der Waals surface area contributed by atoms with E-state index in [9.17, 15) is 14.0 Å². The van der Waals surface area contributed by atoms with Crippen LogP contribution < -0.4 is 0 Å². The van der Waals surface area contributed by atoms with Crippen LogP contribution in [-0.2, 0) is 9.59 Å². The summed E-state index contributed by atoms with van der Waals surface area (Å²) in [5, 5.41) is 0. The van der Waals surface area contributed by atoms with Gasteiger partial charge in [0.1, 0.15) is 5.82 Å². The third kappa shape index (κ3) is 4.16. The van der Waals surface area contributed by atoms with E-state index >= 15 is 0 Å². The molecule has 0 spiro atoms. The summed E-state index contributed by atoms with van der Waals surface area (Å²) in [6.45, 7) is 3.45. The number of likely N-dealkylation sites (N-methyl/N-ethyl adjacent to an activating group) is 1. The highest BCUT2D eigenvalue weighted by Gasteiger charge is 2.20. The second-order valence-electron chi connectivity index (χ2n) is 5.62. The summed E-state index contributed by atoms with van der Waals surface area (Å²) in [5.41, 5.74) is 1.53. The Bertz CT molecular complexity index is 575. The molecule has 0 radical (unpaired) electrons. The van der Waals surface area contributed by atoms with Crippen LogP contribution in [0.2, 0.25) is 0 Å². The predicted octanol–water partition coefficient (Wildman–Crippen LogP) is 2.31. The number of likely N-dealkylation sites (tertiary alicyclic amines) is 1. The van der Waals surface area contributed by atoms with Crippen LogP contribution >= 0.6 is 0 Å². The SMILES string of the molecule is CC(=CC(=O)N(C)CC(=O)N1CCCC1)c1ccc(F)cc1. The van der Waals surface area contributed by atoms with E-state index in [0.717, 1.165) is 37.1 Å². The Hall–Kier alpha value is -2.17. The van der Waals surface area contributed by atoms with Crippen molar-refractivity contribution in [1.29, 1.82) is 0 Å². The fourth-order valence-corrected chi connectivity index (χ4v) is 2.44. The lowest BCUT2D eigenvalue weighted by molar-refractivity contribution is -0.136. The van der Waals surface area contributed by atoms with E-state index in [4.69, 9.17) is 0 Å². The van der Waals surface area contributed by atoms with Gasteiger partial charge < -0.3 is 9.80 Å². The minimum Gasteiger partial charge on any atom is -0.341 e. The number of allylic oxidation sites excluding steroid dienone is 1. The molecule has 1 aliphatic heterocycles. The van der Waals surface area contributed by atoms with E-state index in [1.165, 1.54) is 23.1 Å². The summed E-state index contributed by atoms with van der Waals surface area (Å²) in [7, 11) is 1.62. The Balaban J connectivity index is 1.96. The maximum atomic E-state index is 12.9. The molecule has 4 nitrogen and oxygen atoms in total. The Kier molecular flexibility index (Phi) is 5.31. The number of hydrogen-bond acceptors (Lipinski definition) is 2. The minimum atomic E-state index is -0.309. The van der Waals surface area contributed by atoms with Gasteiger partial charge in [-0.3, -0.25) is 9.59 Å². The molecule has 0 unspecified atom stereocenters. The van der Waals surface area contributed by atoms with Crippen LogP contribution in [0.25, 0.3) is 5.57 Å².